The van der Waals surface area contributed by atoms with Gasteiger partial charge in [0.2, 0.25) is 0 Å². The lowest BCUT2D eigenvalue weighted by molar-refractivity contribution is 0.226. The zero-order valence-corrected chi connectivity index (χ0v) is 11.4. The molecular formula is C15H25N3. The molecule has 1 heterocycles. The van der Waals surface area contributed by atoms with E-state index >= 15 is 0 Å². The summed E-state index contributed by atoms with van der Waals surface area (Å²) in [6.45, 7) is 2.04. The van der Waals surface area contributed by atoms with E-state index in [1.807, 2.05) is 18.5 Å². The van der Waals surface area contributed by atoms with Crippen LogP contribution in [0.4, 0.5) is 0 Å². The maximum absolute atomic E-state index is 6.46. The predicted octanol–water partition coefficient (Wildman–Crippen LogP) is 2.57. The first-order valence-corrected chi connectivity index (χ1v) is 7.04. The third-order valence-electron chi connectivity index (χ3n) is 4.02. The van der Waals surface area contributed by atoms with Gasteiger partial charge in [0.25, 0.3) is 0 Å². The number of nitrogens with zero attached hydrogens (tertiary/aromatic N) is 2. The highest BCUT2D eigenvalue weighted by Crippen LogP contribution is 2.28. The third kappa shape index (κ3) is 4.07. The van der Waals surface area contributed by atoms with Gasteiger partial charge in [0.15, 0.2) is 0 Å². The van der Waals surface area contributed by atoms with E-state index in [1.54, 1.807) is 0 Å². The summed E-state index contributed by atoms with van der Waals surface area (Å²) in [5.74, 6) is 0. The molecule has 0 radical (unpaired) electrons. The normalized spacial score (nSPS) is 19.1. The van der Waals surface area contributed by atoms with Gasteiger partial charge in [-0.05, 0) is 44.5 Å². The first-order chi connectivity index (χ1) is 8.68. The summed E-state index contributed by atoms with van der Waals surface area (Å²) < 4.78 is 0. The van der Waals surface area contributed by atoms with Gasteiger partial charge in [-0.2, -0.15) is 0 Å². The average molecular weight is 247 g/mol. The maximum Gasteiger partial charge on any atom is 0.0312 e. The summed E-state index contributed by atoms with van der Waals surface area (Å²) in [5, 5.41) is 0. The highest BCUT2D eigenvalue weighted by molar-refractivity contribution is 5.07. The Morgan fingerprint density at radius 2 is 2.11 bits per heavy atom. The van der Waals surface area contributed by atoms with Crippen LogP contribution in [-0.2, 0) is 6.54 Å². The van der Waals surface area contributed by atoms with E-state index in [4.69, 9.17) is 5.73 Å². The molecule has 100 valence electrons. The molecule has 2 rings (SSSR count). The molecule has 1 saturated carbocycles. The fourth-order valence-electron chi connectivity index (χ4n) is 2.80. The van der Waals surface area contributed by atoms with Crippen molar-refractivity contribution in [1.29, 1.82) is 0 Å². The van der Waals surface area contributed by atoms with E-state index in [9.17, 15) is 0 Å². The molecule has 0 spiro atoms. The molecule has 1 aliphatic rings. The molecule has 1 aromatic heterocycles. The van der Waals surface area contributed by atoms with Gasteiger partial charge in [0.1, 0.15) is 0 Å². The summed E-state index contributed by atoms with van der Waals surface area (Å²) in [5.41, 5.74) is 7.83. The molecule has 0 saturated heterocycles. The Morgan fingerprint density at radius 3 is 2.78 bits per heavy atom. The Balaban J connectivity index is 1.76. The van der Waals surface area contributed by atoms with Gasteiger partial charge in [0, 0.05) is 24.5 Å². The third-order valence-corrected chi connectivity index (χ3v) is 4.02. The summed E-state index contributed by atoms with van der Waals surface area (Å²) in [7, 11) is 2.17. The molecule has 18 heavy (non-hydrogen) atoms. The largest absolute Gasteiger partial charge is 0.325 e. The number of aromatic nitrogens is 1. The van der Waals surface area contributed by atoms with Crippen LogP contribution in [0.1, 0.15) is 44.1 Å². The summed E-state index contributed by atoms with van der Waals surface area (Å²) in [6, 6.07) is 4.12. The monoisotopic (exact) mass is 247 g/mol. The number of pyridine rings is 1. The van der Waals surface area contributed by atoms with Crippen LogP contribution in [0.3, 0.4) is 0 Å². The Labute approximate surface area is 110 Å². The van der Waals surface area contributed by atoms with Crippen molar-refractivity contribution in [3.63, 3.8) is 0 Å². The van der Waals surface area contributed by atoms with Crippen LogP contribution in [0.5, 0.6) is 0 Å². The van der Waals surface area contributed by atoms with Crippen LogP contribution in [0.2, 0.25) is 0 Å². The second kappa shape index (κ2) is 6.30. The van der Waals surface area contributed by atoms with Crippen molar-refractivity contribution in [3.05, 3.63) is 30.1 Å². The Bertz CT molecular complexity index is 344. The molecule has 0 bridgehead atoms. The number of hydrogen-bond acceptors (Lipinski definition) is 3. The molecule has 1 aliphatic carbocycles. The standard InChI is InChI=1S/C15H25N3/c1-18(13-14-6-5-10-17-12-14)11-9-15(16)7-3-2-4-8-15/h5-6,10,12H,2-4,7-9,11,13,16H2,1H3. The molecule has 2 N–H and O–H groups in total. The summed E-state index contributed by atoms with van der Waals surface area (Å²) in [6.07, 6.45) is 11.3. The molecule has 0 aliphatic heterocycles. The highest BCUT2D eigenvalue weighted by Gasteiger charge is 2.27. The Kier molecular flexibility index (Phi) is 4.72. The van der Waals surface area contributed by atoms with Crippen LogP contribution in [0.15, 0.2) is 24.5 Å². The average Bonchev–Trinajstić information content (AvgIpc) is 2.39. The van der Waals surface area contributed by atoms with E-state index in [2.05, 4.69) is 23.0 Å². The van der Waals surface area contributed by atoms with Gasteiger partial charge in [-0.25, -0.2) is 0 Å². The van der Waals surface area contributed by atoms with Gasteiger partial charge in [0.05, 0.1) is 0 Å². The first-order valence-electron chi connectivity index (χ1n) is 7.04. The van der Waals surface area contributed by atoms with Crippen LogP contribution < -0.4 is 5.73 Å². The summed E-state index contributed by atoms with van der Waals surface area (Å²) >= 11 is 0. The SMILES string of the molecule is CN(CCC1(N)CCCCC1)Cc1cccnc1. The molecule has 0 aromatic carbocycles. The maximum atomic E-state index is 6.46. The topological polar surface area (TPSA) is 42.1 Å². The fourth-order valence-corrected chi connectivity index (χ4v) is 2.80. The van der Waals surface area contributed by atoms with Crippen molar-refractivity contribution in [2.24, 2.45) is 5.73 Å². The van der Waals surface area contributed by atoms with Crippen LogP contribution in [-0.4, -0.2) is 29.0 Å². The minimum absolute atomic E-state index is 0.0987. The molecule has 3 heteroatoms. The van der Waals surface area contributed by atoms with Gasteiger partial charge in [-0.1, -0.05) is 25.3 Å². The smallest absolute Gasteiger partial charge is 0.0312 e. The highest BCUT2D eigenvalue weighted by atomic mass is 15.1. The van der Waals surface area contributed by atoms with Crippen LogP contribution >= 0.6 is 0 Å². The Hall–Kier alpha value is -0.930. The van der Waals surface area contributed by atoms with Crippen molar-refractivity contribution in [1.82, 2.24) is 9.88 Å². The van der Waals surface area contributed by atoms with E-state index in [0.29, 0.717) is 0 Å². The zero-order chi connectivity index (χ0) is 12.8. The van der Waals surface area contributed by atoms with Gasteiger partial charge in [-0.3, -0.25) is 4.98 Å². The van der Waals surface area contributed by atoms with Gasteiger partial charge in [-0.15, -0.1) is 0 Å². The lowest BCUT2D eigenvalue weighted by Crippen LogP contribution is -2.44. The Morgan fingerprint density at radius 1 is 1.33 bits per heavy atom. The number of nitrogens with two attached hydrogens (primary N) is 1. The van der Waals surface area contributed by atoms with Gasteiger partial charge >= 0.3 is 0 Å². The van der Waals surface area contributed by atoms with E-state index < -0.39 is 0 Å². The lowest BCUT2D eigenvalue weighted by atomic mass is 9.80. The van der Waals surface area contributed by atoms with E-state index in [-0.39, 0.29) is 5.54 Å². The molecular weight excluding hydrogens is 222 g/mol. The van der Waals surface area contributed by atoms with Crippen LogP contribution in [0, 0.1) is 0 Å². The number of hydrogen-bond donors (Lipinski definition) is 1. The van der Waals surface area contributed by atoms with E-state index in [0.717, 1.165) is 19.5 Å². The molecule has 1 aromatic rings. The fraction of sp³-hybridized carbons (Fsp3) is 0.667. The van der Waals surface area contributed by atoms with Crippen molar-refractivity contribution in [3.8, 4) is 0 Å². The summed E-state index contributed by atoms with van der Waals surface area (Å²) in [4.78, 5) is 6.50. The minimum atomic E-state index is 0.0987. The molecule has 1 fully saturated rings. The number of rotatable bonds is 5. The van der Waals surface area contributed by atoms with Crippen molar-refractivity contribution < 1.29 is 0 Å². The van der Waals surface area contributed by atoms with Crippen LogP contribution in [0.25, 0.3) is 0 Å². The van der Waals surface area contributed by atoms with Crippen molar-refractivity contribution in [2.45, 2.75) is 50.6 Å². The van der Waals surface area contributed by atoms with Crippen molar-refractivity contribution >= 4 is 0 Å². The zero-order valence-electron chi connectivity index (χ0n) is 11.4. The first kappa shape index (κ1) is 13.5. The molecule has 0 unspecified atom stereocenters. The van der Waals surface area contributed by atoms with E-state index in [1.165, 1.54) is 37.7 Å². The van der Waals surface area contributed by atoms with Crippen molar-refractivity contribution in [2.75, 3.05) is 13.6 Å². The lowest BCUT2D eigenvalue weighted by Gasteiger charge is -2.34. The molecule has 0 amide bonds. The second-order valence-electron chi connectivity index (χ2n) is 5.77. The van der Waals surface area contributed by atoms with Gasteiger partial charge < -0.3 is 10.6 Å². The quantitative estimate of drug-likeness (QED) is 0.869. The molecule has 3 nitrogen and oxygen atoms in total. The second-order valence-corrected chi connectivity index (χ2v) is 5.77. The minimum Gasteiger partial charge on any atom is -0.325 e. The molecule has 0 atom stereocenters. The predicted molar refractivity (Wildman–Crippen MR) is 75.2 cm³/mol.